The van der Waals surface area contributed by atoms with Gasteiger partial charge in [-0.25, -0.2) is 0 Å². The Balaban J connectivity index is 1.85. The summed E-state index contributed by atoms with van der Waals surface area (Å²) in [6.45, 7) is 1.16. The summed E-state index contributed by atoms with van der Waals surface area (Å²) in [5.41, 5.74) is 1.46. The van der Waals surface area contributed by atoms with Crippen LogP contribution in [0.3, 0.4) is 0 Å². The molecule has 0 aliphatic heterocycles. The molecule has 0 heterocycles. The number of carbonyl (C=O) groups is 2. The summed E-state index contributed by atoms with van der Waals surface area (Å²) < 4.78 is 0. The molecule has 0 fully saturated rings. The summed E-state index contributed by atoms with van der Waals surface area (Å²) in [7, 11) is 0. The molecule has 2 aromatic carbocycles. The second-order valence-corrected chi connectivity index (χ2v) is 6.85. The summed E-state index contributed by atoms with van der Waals surface area (Å²) >= 11 is 0. The van der Waals surface area contributed by atoms with Crippen molar-refractivity contribution < 1.29 is 29.7 Å². The van der Waals surface area contributed by atoms with Gasteiger partial charge < -0.3 is 20.1 Å². The number of hydrogen-bond acceptors (Lipinski definition) is 7. The van der Waals surface area contributed by atoms with Crippen molar-refractivity contribution in [3.8, 4) is 11.5 Å². The summed E-state index contributed by atoms with van der Waals surface area (Å²) in [4.78, 5) is 29.5. The van der Waals surface area contributed by atoms with E-state index in [0.717, 1.165) is 11.8 Å². The van der Waals surface area contributed by atoms with Crippen molar-refractivity contribution in [1.29, 1.82) is 0 Å². The molecular weight excluding hydrogens is 388 g/mol. The van der Waals surface area contributed by atoms with E-state index in [2.05, 4.69) is 0 Å². The maximum absolute atomic E-state index is 11.2. The molecule has 3 N–H and O–H groups in total. The van der Waals surface area contributed by atoms with Gasteiger partial charge in [-0.2, -0.15) is 5.06 Å². The van der Waals surface area contributed by atoms with Crippen molar-refractivity contribution in [3.63, 3.8) is 0 Å². The number of hydroxylamine groups is 2. The zero-order valence-corrected chi connectivity index (χ0v) is 16.8. The Kier molecular flexibility index (Phi) is 9.79. The first-order valence-electron chi connectivity index (χ1n) is 9.79. The van der Waals surface area contributed by atoms with Gasteiger partial charge in [0.1, 0.15) is 17.8 Å². The minimum Gasteiger partial charge on any atom is -0.508 e. The first-order chi connectivity index (χ1) is 14.5. The maximum Gasteiger partial charge on any atom is 0.317 e. The van der Waals surface area contributed by atoms with E-state index < -0.39 is 5.97 Å². The molecule has 0 radical (unpaired) electrons. The summed E-state index contributed by atoms with van der Waals surface area (Å²) in [5.74, 6) is -0.621. The Morgan fingerprint density at radius 3 is 2.20 bits per heavy atom. The van der Waals surface area contributed by atoms with Gasteiger partial charge in [-0.05, 0) is 30.5 Å². The van der Waals surface area contributed by atoms with E-state index in [1.807, 2.05) is 12.1 Å². The lowest BCUT2D eigenvalue weighted by Crippen LogP contribution is -2.38. The van der Waals surface area contributed by atoms with Crippen LogP contribution in [-0.2, 0) is 27.4 Å². The number of benzene rings is 2. The zero-order valence-electron chi connectivity index (χ0n) is 16.8. The lowest BCUT2D eigenvalue weighted by molar-refractivity contribution is -0.164. The third-order valence-corrected chi connectivity index (χ3v) is 4.54. The number of carbonyl (C=O) groups excluding carboxylic acids is 1. The molecule has 30 heavy (non-hydrogen) atoms. The van der Waals surface area contributed by atoms with Crippen LogP contribution in [0.5, 0.6) is 11.5 Å². The number of rotatable bonds is 14. The highest BCUT2D eigenvalue weighted by atomic mass is 16.7. The van der Waals surface area contributed by atoms with Crippen molar-refractivity contribution in [1.82, 2.24) is 9.96 Å². The minimum atomic E-state index is -0.976. The summed E-state index contributed by atoms with van der Waals surface area (Å²) in [6.07, 6.45) is 2.03. The Morgan fingerprint density at radius 2 is 1.60 bits per heavy atom. The number of phenols is 2. The van der Waals surface area contributed by atoms with Crippen LogP contribution in [0.25, 0.3) is 0 Å². The fourth-order valence-electron chi connectivity index (χ4n) is 3.01. The van der Waals surface area contributed by atoms with Gasteiger partial charge in [0.05, 0.1) is 19.7 Å². The van der Waals surface area contributed by atoms with Gasteiger partial charge >= 0.3 is 5.97 Å². The van der Waals surface area contributed by atoms with Crippen molar-refractivity contribution in [2.24, 2.45) is 0 Å². The predicted octanol–water partition coefficient (Wildman–Crippen LogP) is 2.05. The van der Waals surface area contributed by atoms with E-state index in [1.165, 1.54) is 5.06 Å². The Hall–Kier alpha value is -2.94. The second-order valence-electron chi connectivity index (χ2n) is 6.85. The van der Waals surface area contributed by atoms with Crippen LogP contribution in [-0.4, -0.2) is 70.3 Å². The number of carboxylic acids is 1. The third-order valence-electron chi connectivity index (χ3n) is 4.54. The van der Waals surface area contributed by atoms with Crippen molar-refractivity contribution in [2.45, 2.75) is 19.4 Å². The molecule has 0 aromatic heterocycles. The number of para-hydroxylation sites is 2. The van der Waals surface area contributed by atoms with Crippen LogP contribution in [0.1, 0.15) is 17.5 Å². The molecular formula is C22H28N2O6. The van der Waals surface area contributed by atoms with Crippen LogP contribution < -0.4 is 0 Å². The zero-order chi connectivity index (χ0) is 21.8. The molecule has 0 atom stereocenters. The number of carboxylic acid groups (broad SMARTS) is 1. The highest BCUT2D eigenvalue weighted by Crippen LogP contribution is 2.18. The molecule has 2 aromatic rings. The highest BCUT2D eigenvalue weighted by Gasteiger charge is 2.15. The maximum atomic E-state index is 11.2. The van der Waals surface area contributed by atoms with Gasteiger partial charge in [-0.1, -0.05) is 36.4 Å². The van der Waals surface area contributed by atoms with Crippen LogP contribution in [0.4, 0.5) is 0 Å². The van der Waals surface area contributed by atoms with E-state index >= 15 is 0 Å². The van der Waals surface area contributed by atoms with Crippen molar-refractivity contribution >= 4 is 12.3 Å². The average Bonchev–Trinajstić information content (AvgIpc) is 2.71. The van der Waals surface area contributed by atoms with Gasteiger partial charge in [0.15, 0.2) is 0 Å². The molecule has 0 spiro atoms. The molecule has 0 aliphatic rings. The standard InChI is InChI=1S/C22H28N2O6/c25-14-13-24(30-15-5-8-18-6-1-3-9-20(18)26)12-11-23(17-22(28)29)16-19-7-2-4-10-21(19)27/h1-4,6-7,9-10,14,26-27H,5,8,11-13,15-17H2,(H,28,29). The SMILES string of the molecule is O=CCN(CCN(CC(=O)O)Cc1ccccc1O)OCCCc1ccccc1O. The van der Waals surface area contributed by atoms with Gasteiger partial charge in [0, 0.05) is 25.2 Å². The Labute approximate surface area is 175 Å². The van der Waals surface area contributed by atoms with E-state index in [-0.39, 0.29) is 31.1 Å². The Bertz CT molecular complexity index is 814. The quantitative estimate of drug-likeness (QED) is 0.244. The van der Waals surface area contributed by atoms with Gasteiger partial charge in [0.2, 0.25) is 0 Å². The van der Waals surface area contributed by atoms with Crippen LogP contribution in [0.15, 0.2) is 48.5 Å². The van der Waals surface area contributed by atoms with E-state index in [1.54, 1.807) is 41.3 Å². The monoisotopic (exact) mass is 416 g/mol. The van der Waals surface area contributed by atoms with Gasteiger partial charge in [0.25, 0.3) is 0 Å². The molecule has 0 bridgehead atoms. The molecule has 0 aliphatic carbocycles. The highest BCUT2D eigenvalue weighted by molar-refractivity contribution is 5.69. The van der Waals surface area contributed by atoms with Crippen LogP contribution in [0.2, 0.25) is 0 Å². The Morgan fingerprint density at radius 1 is 0.967 bits per heavy atom. The predicted molar refractivity (Wildman–Crippen MR) is 111 cm³/mol. The number of phenolic OH excluding ortho intramolecular Hbond substituents is 2. The van der Waals surface area contributed by atoms with E-state index in [9.17, 15) is 24.9 Å². The van der Waals surface area contributed by atoms with E-state index in [0.29, 0.717) is 38.1 Å². The minimum absolute atomic E-state index is 0.0636. The van der Waals surface area contributed by atoms with Crippen molar-refractivity contribution in [3.05, 3.63) is 59.7 Å². The van der Waals surface area contributed by atoms with E-state index in [4.69, 9.17) is 4.84 Å². The summed E-state index contributed by atoms with van der Waals surface area (Å²) in [6, 6.07) is 13.9. The number of aliphatic carboxylic acids is 1. The smallest absolute Gasteiger partial charge is 0.317 e. The molecule has 0 unspecified atom stereocenters. The number of hydrogen-bond donors (Lipinski definition) is 3. The molecule has 2 rings (SSSR count). The van der Waals surface area contributed by atoms with Crippen LogP contribution >= 0.6 is 0 Å². The normalized spacial score (nSPS) is 11.1. The number of nitrogens with zero attached hydrogens (tertiary/aromatic N) is 2. The topological polar surface area (TPSA) is 111 Å². The van der Waals surface area contributed by atoms with Crippen molar-refractivity contribution in [2.75, 3.05) is 32.8 Å². The first-order valence-corrected chi connectivity index (χ1v) is 9.79. The first kappa shape index (κ1) is 23.3. The lowest BCUT2D eigenvalue weighted by Gasteiger charge is -2.25. The van der Waals surface area contributed by atoms with Gasteiger partial charge in [-0.15, -0.1) is 0 Å². The molecule has 0 saturated carbocycles. The van der Waals surface area contributed by atoms with Gasteiger partial charge in [-0.3, -0.25) is 14.5 Å². The fraction of sp³-hybridized carbons (Fsp3) is 0.364. The molecule has 8 heteroatoms. The molecule has 0 amide bonds. The second kappa shape index (κ2) is 12.6. The lowest BCUT2D eigenvalue weighted by atomic mass is 10.1. The molecule has 0 saturated heterocycles. The molecule has 8 nitrogen and oxygen atoms in total. The number of aldehydes is 1. The number of aromatic hydroxyl groups is 2. The fourth-order valence-corrected chi connectivity index (χ4v) is 3.01. The third kappa shape index (κ3) is 8.20. The van der Waals surface area contributed by atoms with Crippen LogP contribution in [0, 0.1) is 0 Å². The largest absolute Gasteiger partial charge is 0.508 e. The summed E-state index contributed by atoms with van der Waals surface area (Å²) in [5, 5.41) is 30.4. The molecule has 162 valence electrons. The average molecular weight is 416 g/mol. The number of aryl methyl sites for hydroxylation is 1.